The van der Waals surface area contributed by atoms with E-state index in [1.165, 1.54) is 11.3 Å². The highest BCUT2D eigenvalue weighted by Crippen LogP contribution is 2.31. The van der Waals surface area contributed by atoms with Crippen LogP contribution in [0.4, 0.5) is 0 Å². The van der Waals surface area contributed by atoms with Crippen LogP contribution in [0.15, 0.2) is 15.7 Å². The van der Waals surface area contributed by atoms with Crippen molar-refractivity contribution in [2.45, 2.75) is 48.7 Å². The second kappa shape index (κ2) is 5.90. The summed E-state index contributed by atoms with van der Waals surface area (Å²) in [6.07, 6.45) is 4.24. The molecule has 1 aromatic heterocycles. The monoisotopic (exact) mass is 307 g/mol. The Bertz CT molecular complexity index is 492. The minimum Gasteiger partial charge on any atom is -0.206 e. The van der Waals surface area contributed by atoms with Crippen molar-refractivity contribution in [3.63, 3.8) is 0 Å². The number of alkyl halides is 1. The molecule has 0 atom stereocenters. The smallest absolute Gasteiger partial charge is 0.206 e. The first-order valence-electron chi connectivity index (χ1n) is 6.24. The second-order valence-corrected chi connectivity index (χ2v) is 7.85. The van der Waals surface area contributed by atoms with Gasteiger partial charge >= 0.3 is 0 Å². The summed E-state index contributed by atoms with van der Waals surface area (Å²) in [4.78, 5) is 0. The molecular weight excluding hydrogens is 290 g/mol. The van der Waals surface area contributed by atoms with Gasteiger partial charge in [-0.15, -0.1) is 22.9 Å². The summed E-state index contributed by atoms with van der Waals surface area (Å²) in [6.45, 7) is 2.45. The van der Waals surface area contributed by atoms with E-state index >= 15 is 0 Å². The molecular formula is C12H18ClNO2S2. The summed E-state index contributed by atoms with van der Waals surface area (Å²) in [6, 6.07) is 1.88. The Morgan fingerprint density at radius 1 is 1.44 bits per heavy atom. The van der Waals surface area contributed by atoms with Crippen molar-refractivity contribution in [1.29, 1.82) is 0 Å². The molecule has 18 heavy (non-hydrogen) atoms. The Hall–Kier alpha value is -0.100. The molecule has 0 N–H and O–H groups in total. The van der Waals surface area contributed by atoms with E-state index in [2.05, 4.69) is 0 Å². The summed E-state index contributed by atoms with van der Waals surface area (Å²) < 4.78 is 27.2. The van der Waals surface area contributed by atoms with E-state index < -0.39 is 10.0 Å². The minimum absolute atomic E-state index is 0.182. The minimum atomic E-state index is -3.33. The van der Waals surface area contributed by atoms with Gasteiger partial charge in [-0.1, -0.05) is 19.8 Å². The van der Waals surface area contributed by atoms with Gasteiger partial charge in [-0.3, -0.25) is 0 Å². The number of nitrogens with zero attached hydrogens (tertiary/aromatic N) is 1. The number of hydrogen-bond donors (Lipinski definition) is 0. The van der Waals surface area contributed by atoms with Crippen molar-refractivity contribution >= 4 is 33.0 Å². The first kappa shape index (κ1) is 14.3. The Labute approximate surface area is 118 Å². The van der Waals surface area contributed by atoms with Gasteiger partial charge in [0.15, 0.2) is 0 Å². The van der Waals surface area contributed by atoms with E-state index in [-0.39, 0.29) is 6.04 Å². The first-order chi connectivity index (χ1) is 8.59. The number of rotatable bonds is 5. The van der Waals surface area contributed by atoms with Crippen LogP contribution in [0.1, 0.15) is 38.2 Å². The van der Waals surface area contributed by atoms with E-state index in [0.717, 1.165) is 31.2 Å². The summed E-state index contributed by atoms with van der Waals surface area (Å²) in [5.74, 6) is 0.363. The van der Waals surface area contributed by atoms with Crippen LogP contribution in [0.2, 0.25) is 0 Å². The fourth-order valence-electron chi connectivity index (χ4n) is 2.49. The van der Waals surface area contributed by atoms with Gasteiger partial charge in [-0.25, -0.2) is 8.42 Å². The second-order valence-electron chi connectivity index (χ2n) is 4.55. The van der Waals surface area contributed by atoms with Crippen LogP contribution in [0.3, 0.4) is 0 Å². The molecule has 0 bridgehead atoms. The average molecular weight is 308 g/mol. The van der Waals surface area contributed by atoms with Gasteiger partial charge in [0, 0.05) is 18.5 Å². The summed E-state index contributed by atoms with van der Waals surface area (Å²) >= 11 is 7.00. The third-order valence-corrected chi connectivity index (χ3v) is 7.19. The lowest BCUT2D eigenvalue weighted by atomic mass is 10.2. The molecule has 6 heteroatoms. The lowest BCUT2D eigenvalue weighted by Gasteiger charge is -2.25. The van der Waals surface area contributed by atoms with Crippen molar-refractivity contribution in [2.75, 3.05) is 6.54 Å². The molecule has 3 nitrogen and oxygen atoms in total. The number of sulfonamides is 1. The zero-order valence-electron chi connectivity index (χ0n) is 10.4. The molecule has 1 fully saturated rings. The molecule has 0 aromatic carbocycles. The maximum atomic E-state index is 12.6. The highest BCUT2D eigenvalue weighted by Gasteiger charge is 2.32. The molecule has 2 rings (SSSR count). The van der Waals surface area contributed by atoms with Crippen LogP contribution in [0.5, 0.6) is 0 Å². The Balaban J connectivity index is 2.27. The highest BCUT2D eigenvalue weighted by molar-refractivity contribution is 7.91. The lowest BCUT2D eigenvalue weighted by Crippen LogP contribution is -2.38. The maximum absolute atomic E-state index is 12.6. The molecule has 0 unspecified atom stereocenters. The quantitative estimate of drug-likeness (QED) is 0.781. The van der Waals surface area contributed by atoms with Crippen LogP contribution in [0, 0.1) is 0 Å². The average Bonchev–Trinajstić information content (AvgIpc) is 3.00. The van der Waals surface area contributed by atoms with Crippen LogP contribution < -0.4 is 0 Å². The molecule has 102 valence electrons. The highest BCUT2D eigenvalue weighted by atomic mass is 35.5. The molecule has 0 spiro atoms. The van der Waals surface area contributed by atoms with Gasteiger partial charge in [0.05, 0.1) is 0 Å². The first-order valence-corrected chi connectivity index (χ1v) is 9.10. The molecule has 0 saturated heterocycles. The SMILES string of the molecule is CCN(C1CCCC1)S(=O)(=O)c1cc(CCl)cs1. The van der Waals surface area contributed by atoms with Crippen LogP contribution in [-0.4, -0.2) is 25.3 Å². The zero-order valence-corrected chi connectivity index (χ0v) is 12.8. The molecule has 1 aromatic rings. The van der Waals surface area contributed by atoms with Crippen molar-refractivity contribution in [3.8, 4) is 0 Å². The molecule has 0 radical (unpaired) electrons. The van der Waals surface area contributed by atoms with E-state index in [9.17, 15) is 8.42 Å². The van der Waals surface area contributed by atoms with Crippen molar-refractivity contribution in [2.24, 2.45) is 0 Å². The fraction of sp³-hybridized carbons (Fsp3) is 0.667. The van der Waals surface area contributed by atoms with E-state index in [1.54, 1.807) is 10.4 Å². The molecule has 0 amide bonds. The van der Waals surface area contributed by atoms with E-state index in [1.807, 2.05) is 12.3 Å². The van der Waals surface area contributed by atoms with Crippen molar-refractivity contribution < 1.29 is 8.42 Å². The molecule has 1 aliphatic rings. The lowest BCUT2D eigenvalue weighted by molar-refractivity contribution is 0.336. The van der Waals surface area contributed by atoms with Gasteiger partial charge in [0.25, 0.3) is 10.0 Å². The van der Waals surface area contributed by atoms with Crippen LogP contribution >= 0.6 is 22.9 Å². The number of thiophene rings is 1. The topological polar surface area (TPSA) is 37.4 Å². The third kappa shape index (κ3) is 2.74. The van der Waals surface area contributed by atoms with Gasteiger partial charge in [0.2, 0.25) is 0 Å². The van der Waals surface area contributed by atoms with Crippen molar-refractivity contribution in [1.82, 2.24) is 4.31 Å². The molecule has 0 aliphatic heterocycles. The Kier molecular flexibility index (Phi) is 4.69. The normalized spacial score (nSPS) is 17.7. The number of hydrogen-bond acceptors (Lipinski definition) is 3. The van der Waals surface area contributed by atoms with Gasteiger partial charge in [0.1, 0.15) is 4.21 Å². The largest absolute Gasteiger partial charge is 0.252 e. The fourth-order valence-corrected chi connectivity index (χ4v) is 5.77. The van der Waals surface area contributed by atoms with E-state index in [0.29, 0.717) is 16.6 Å². The standard InChI is InChI=1S/C12H18ClNO2S2/c1-2-14(11-5-3-4-6-11)18(15,16)12-7-10(8-13)9-17-12/h7,9,11H,2-6,8H2,1H3. The summed E-state index contributed by atoms with van der Waals surface area (Å²) in [5, 5.41) is 1.82. The molecule has 1 heterocycles. The number of halogens is 1. The van der Waals surface area contributed by atoms with E-state index in [4.69, 9.17) is 11.6 Å². The summed E-state index contributed by atoms with van der Waals surface area (Å²) in [5.41, 5.74) is 0.878. The van der Waals surface area contributed by atoms with Crippen LogP contribution in [-0.2, 0) is 15.9 Å². The Morgan fingerprint density at radius 3 is 2.61 bits per heavy atom. The molecule has 1 saturated carbocycles. The molecule has 1 aliphatic carbocycles. The zero-order chi connectivity index (χ0) is 13.2. The summed E-state index contributed by atoms with van der Waals surface area (Å²) in [7, 11) is -3.33. The van der Waals surface area contributed by atoms with Gasteiger partial charge in [-0.2, -0.15) is 4.31 Å². The predicted molar refractivity (Wildman–Crippen MR) is 75.7 cm³/mol. The Morgan fingerprint density at radius 2 is 2.11 bits per heavy atom. The van der Waals surface area contributed by atoms with Crippen molar-refractivity contribution in [3.05, 3.63) is 17.0 Å². The van der Waals surface area contributed by atoms with Gasteiger partial charge in [-0.05, 0) is 29.9 Å². The maximum Gasteiger partial charge on any atom is 0.252 e. The van der Waals surface area contributed by atoms with Crippen LogP contribution in [0.25, 0.3) is 0 Å². The predicted octanol–water partition coefficient (Wildman–Crippen LogP) is 3.44. The third-order valence-electron chi connectivity index (χ3n) is 3.39. The van der Waals surface area contributed by atoms with Gasteiger partial charge < -0.3 is 0 Å².